The van der Waals surface area contributed by atoms with Crippen LogP contribution in [0, 0.1) is 0 Å². The minimum Gasteiger partial charge on any atom is -0.239 e. The summed E-state index contributed by atoms with van der Waals surface area (Å²) in [4.78, 5) is 0. The van der Waals surface area contributed by atoms with Crippen LogP contribution >= 0.6 is 0 Å². The molecule has 0 saturated heterocycles. The van der Waals surface area contributed by atoms with Crippen LogP contribution < -0.4 is 5.32 Å². The number of quaternary nitrogens is 1. The monoisotopic (exact) mass is 251 g/mol. The number of benzene rings is 1. The predicted molar refractivity (Wildman–Crippen MR) is 48.8 cm³/mol. The van der Waals surface area contributed by atoms with E-state index < -0.39 is 29.3 Å². The molecule has 7 heteroatoms. The Kier molecular flexibility index (Phi) is 2.57. The Morgan fingerprint density at radius 2 is 1.71 bits per heavy atom. The van der Waals surface area contributed by atoms with Gasteiger partial charge in [-0.05, 0) is 0 Å². The molecule has 1 aliphatic heterocycles. The van der Waals surface area contributed by atoms with Crippen LogP contribution in [0.25, 0.3) is 0 Å². The van der Waals surface area contributed by atoms with Gasteiger partial charge in [0.1, 0.15) is 0 Å². The molecular weight excluding hydrogens is 243 g/mol. The van der Waals surface area contributed by atoms with E-state index in [1.54, 1.807) is 6.07 Å². The summed E-state index contributed by atoms with van der Waals surface area (Å²) in [6.45, 7) is -1.000. The van der Waals surface area contributed by atoms with Gasteiger partial charge in [0.05, 0.1) is 0 Å². The van der Waals surface area contributed by atoms with Crippen molar-refractivity contribution in [1.29, 1.82) is 0 Å². The van der Waals surface area contributed by atoms with Gasteiger partial charge in [0.2, 0.25) is 0 Å². The van der Waals surface area contributed by atoms with E-state index in [-0.39, 0.29) is 5.56 Å². The van der Waals surface area contributed by atoms with Crippen LogP contribution in [0.3, 0.4) is 0 Å². The Balaban J connectivity index is 2.36. The highest BCUT2D eigenvalue weighted by atomic mass is 19.3. The Morgan fingerprint density at radius 1 is 1.12 bits per heavy atom. The molecule has 1 aliphatic rings. The van der Waals surface area contributed by atoms with Crippen molar-refractivity contribution in [2.45, 2.75) is 12.7 Å². The summed E-state index contributed by atoms with van der Waals surface area (Å²) in [7, 11) is 0. The minimum atomic E-state index is -4.36. The molecule has 2 nitrogen and oxygen atoms in total. The summed E-state index contributed by atoms with van der Waals surface area (Å²) in [6, 6.07) is 7.26. The second kappa shape index (κ2) is 3.69. The topological polar surface area (TPSA) is 12.0 Å². The zero-order chi connectivity index (χ0) is 12.7. The van der Waals surface area contributed by atoms with Crippen LogP contribution in [0.15, 0.2) is 42.2 Å². The van der Waals surface area contributed by atoms with Gasteiger partial charge < -0.3 is 0 Å². The van der Waals surface area contributed by atoms with E-state index in [0.29, 0.717) is 0 Å². The second-order valence-electron chi connectivity index (χ2n) is 3.63. The summed E-state index contributed by atoms with van der Waals surface area (Å²) in [5, 5.41) is 0.856. The largest absolute Gasteiger partial charge is 0.529 e. The molecule has 0 fully saturated rings. The Labute approximate surface area is 93.5 Å². The first kappa shape index (κ1) is 11.8. The van der Waals surface area contributed by atoms with Crippen molar-refractivity contribution in [3.8, 4) is 0 Å². The maximum absolute atomic E-state index is 13.9. The fourth-order valence-electron chi connectivity index (χ4n) is 1.55. The third-order valence-electron chi connectivity index (χ3n) is 2.44. The molecule has 0 amide bonds. The zero-order valence-electron chi connectivity index (χ0n) is 8.43. The second-order valence-corrected chi connectivity index (χ2v) is 3.63. The number of alkyl halides is 2. The van der Waals surface area contributed by atoms with E-state index in [1.807, 2.05) is 0 Å². The molecule has 1 heterocycles. The Morgan fingerprint density at radius 3 is 2.18 bits per heavy atom. The molecule has 0 saturated carbocycles. The molecule has 1 atom stereocenters. The summed E-state index contributed by atoms with van der Waals surface area (Å²) >= 11 is 0. The van der Waals surface area contributed by atoms with Gasteiger partial charge in [-0.1, -0.05) is 30.3 Å². The summed E-state index contributed by atoms with van der Waals surface area (Å²) in [5.41, 5.74) is 0.126. The van der Waals surface area contributed by atoms with E-state index in [1.165, 1.54) is 24.3 Å². The standard InChI is InChI=1S/C10H8F5N2/c11-8-9(12)17(15,10(13,14)16-8)6-7-4-2-1-3-5-7/h1-5,16H,6H2/q+1. The van der Waals surface area contributed by atoms with Gasteiger partial charge in [-0.2, -0.15) is 4.39 Å². The SMILES string of the molecule is FC1=C(F)[N+](F)(Cc2ccccc2)C(F)(F)N1. The van der Waals surface area contributed by atoms with Crippen molar-refractivity contribution in [3.63, 3.8) is 0 Å². The van der Waals surface area contributed by atoms with Crippen molar-refractivity contribution in [2.75, 3.05) is 0 Å². The van der Waals surface area contributed by atoms with Gasteiger partial charge in [-0.25, -0.2) is 5.32 Å². The normalized spacial score (nSPS) is 27.1. The first-order valence-electron chi connectivity index (χ1n) is 4.70. The molecular formula is C10H8F5N2+. The van der Waals surface area contributed by atoms with E-state index in [9.17, 15) is 22.0 Å². The van der Waals surface area contributed by atoms with Crippen molar-refractivity contribution >= 4 is 0 Å². The fourth-order valence-corrected chi connectivity index (χ4v) is 1.55. The fraction of sp³-hybridized carbons (Fsp3) is 0.200. The molecule has 92 valence electrons. The van der Waals surface area contributed by atoms with E-state index in [4.69, 9.17) is 0 Å². The van der Waals surface area contributed by atoms with Gasteiger partial charge >= 0.3 is 12.1 Å². The maximum Gasteiger partial charge on any atom is 0.529 e. The lowest BCUT2D eigenvalue weighted by molar-refractivity contribution is -1.11. The lowest BCUT2D eigenvalue weighted by Gasteiger charge is -2.24. The maximum atomic E-state index is 13.9. The Bertz CT molecular complexity index is 459. The summed E-state index contributed by atoms with van der Waals surface area (Å²) < 4.78 is 63.0. The predicted octanol–water partition coefficient (Wildman–Crippen LogP) is 3.11. The molecule has 0 aromatic heterocycles. The van der Waals surface area contributed by atoms with Crippen molar-refractivity contribution in [2.24, 2.45) is 0 Å². The van der Waals surface area contributed by atoms with Crippen molar-refractivity contribution in [3.05, 3.63) is 47.8 Å². The third-order valence-corrected chi connectivity index (χ3v) is 2.44. The van der Waals surface area contributed by atoms with Gasteiger partial charge in [0, 0.05) is 14.7 Å². The third kappa shape index (κ3) is 1.76. The molecule has 1 unspecified atom stereocenters. The lowest BCUT2D eigenvalue weighted by Crippen LogP contribution is -2.53. The van der Waals surface area contributed by atoms with Crippen molar-refractivity contribution in [1.82, 2.24) is 5.32 Å². The lowest BCUT2D eigenvalue weighted by atomic mass is 10.2. The molecule has 0 spiro atoms. The van der Waals surface area contributed by atoms with Crippen LogP contribution in [0.5, 0.6) is 0 Å². The summed E-state index contributed by atoms with van der Waals surface area (Å²) in [6.07, 6.45) is -4.36. The minimum absolute atomic E-state index is 0.126. The summed E-state index contributed by atoms with van der Waals surface area (Å²) in [5.74, 6) is -4.13. The molecule has 2 rings (SSSR count). The highest BCUT2D eigenvalue weighted by Gasteiger charge is 2.68. The molecule has 0 radical (unpaired) electrons. The number of nitrogens with zero attached hydrogens (tertiary/aromatic N) is 1. The van der Waals surface area contributed by atoms with E-state index in [0.717, 1.165) is 5.32 Å². The average Bonchev–Trinajstić information content (AvgIpc) is 2.41. The van der Waals surface area contributed by atoms with Crippen LogP contribution in [-0.2, 0) is 6.54 Å². The number of nitrogens with one attached hydrogen (secondary N) is 1. The van der Waals surface area contributed by atoms with Gasteiger partial charge in [0.15, 0.2) is 6.54 Å². The number of rotatable bonds is 2. The van der Waals surface area contributed by atoms with Crippen LogP contribution in [-0.4, -0.2) is 10.9 Å². The van der Waals surface area contributed by atoms with Crippen molar-refractivity contribution < 1.29 is 26.7 Å². The molecule has 1 N–H and O–H groups in total. The smallest absolute Gasteiger partial charge is 0.239 e. The van der Waals surface area contributed by atoms with Gasteiger partial charge in [-0.15, -0.1) is 13.2 Å². The van der Waals surface area contributed by atoms with Crippen LogP contribution in [0.2, 0.25) is 0 Å². The van der Waals surface area contributed by atoms with E-state index in [2.05, 4.69) is 0 Å². The number of hydrogen-bond donors (Lipinski definition) is 1. The number of hydrogen-bond acceptors (Lipinski definition) is 1. The molecule has 1 aromatic carbocycles. The van der Waals surface area contributed by atoms with E-state index >= 15 is 0 Å². The zero-order valence-corrected chi connectivity index (χ0v) is 8.43. The Hall–Kier alpha value is -1.63. The molecule has 17 heavy (non-hydrogen) atoms. The highest BCUT2D eigenvalue weighted by molar-refractivity contribution is 5.14. The van der Waals surface area contributed by atoms with Gasteiger partial charge in [-0.3, -0.25) is 0 Å². The first-order chi connectivity index (χ1) is 7.87. The van der Waals surface area contributed by atoms with Crippen LogP contribution in [0.4, 0.5) is 22.0 Å². The average molecular weight is 251 g/mol. The highest BCUT2D eigenvalue weighted by Crippen LogP contribution is 2.43. The molecule has 0 aliphatic carbocycles. The quantitative estimate of drug-likeness (QED) is 0.484. The van der Waals surface area contributed by atoms with Crippen LogP contribution in [0.1, 0.15) is 5.56 Å². The molecule has 0 bridgehead atoms. The number of halogens is 5. The molecule has 1 aromatic rings. The first-order valence-corrected chi connectivity index (χ1v) is 4.70. The van der Waals surface area contributed by atoms with Gasteiger partial charge in [0.25, 0.3) is 5.95 Å².